The molecule has 0 saturated heterocycles. The third kappa shape index (κ3) is 3.71. The van der Waals surface area contributed by atoms with Gasteiger partial charge in [0.15, 0.2) is 0 Å². The maximum Gasteiger partial charge on any atom is 0.302 e. The summed E-state index contributed by atoms with van der Waals surface area (Å²) < 4.78 is 10.9. The van der Waals surface area contributed by atoms with Crippen LogP contribution in [0.15, 0.2) is 24.2 Å². The predicted molar refractivity (Wildman–Crippen MR) is 96.4 cm³/mol. The van der Waals surface area contributed by atoms with Crippen LogP contribution in [0, 0.1) is 0 Å². The van der Waals surface area contributed by atoms with Crippen molar-refractivity contribution in [1.82, 2.24) is 9.55 Å². The fourth-order valence-corrected chi connectivity index (χ4v) is 4.41. The third-order valence-electron chi connectivity index (χ3n) is 2.98. The van der Waals surface area contributed by atoms with Gasteiger partial charge in [-0.25, -0.2) is 4.98 Å². The van der Waals surface area contributed by atoms with Gasteiger partial charge in [-0.15, -0.1) is 0 Å². The Morgan fingerprint density at radius 3 is 2.48 bits per heavy atom. The van der Waals surface area contributed by atoms with E-state index in [9.17, 15) is 4.79 Å². The lowest BCUT2D eigenvalue weighted by molar-refractivity contribution is -0.145. The molecule has 0 unspecified atom stereocenters. The van der Waals surface area contributed by atoms with E-state index in [-0.39, 0.29) is 12.1 Å². The molecule has 2 aromatic rings. The number of ether oxygens (including phenoxy) is 1. The van der Waals surface area contributed by atoms with Gasteiger partial charge < -0.3 is 9.30 Å². The second-order valence-corrected chi connectivity index (χ2v) is 7.77. The van der Waals surface area contributed by atoms with E-state index in [0.29, 0.717) is 6.54 Å². The highest BCUT2D eigenvalue weighted by atomic mass is 79.9. The molecule has 4 nitrogen and oxygen atoms in total. The summed E-state index contributed by atoms with van der Waals surface area (Å²) in [5.41, 5.74) is 1.86. The van der Waals surface area contributed by atoms with Gasteiger partial charge in [0.1, 0.15) is 11.6 Å². The largest absolute Gasteiger partial charge is 0.463 e. The minimum absolute atomic E-state index is 0.124. The summed E-state index contributed by atoms with van der Waals surface area (Å²) in [5, 5.41) is 0. The molecular formula is C13H12Br4N2O2. The quantitative estimate of drug-likeness (QED) is 0.291. The number of esters is 1. The van der Waals surface area contributed by atoms with Crippen LogP contribution in [0.25, 0.3) is 11.0 Å². The number of carbonyl (C=O) groups is 1. The summed E-state index contributed by atoms with van der Waals surface area (Å²) >= 11 is 14.2. The number of fused-ring (bicyclic) bond motifs is 1. The summed E-state index contributed by atoms with van der Waals surface area (Å²) in [6, 6.07) is 0. The SMILES string of the molecule is CC(=O)O[C@H](C)CCn1cnc2c(Br)c(Br)c(Br)c(Br)c21. The summed E-state index contributed by atoms with van der Waals surface area (Å²) in [4.78, 5) is 15.4. The first-order chi connectivity index (χ1) is 9.82. The lowest BCUT2D eigenvalue weighted by Crippen LogP contribution is -2.14. The van der Waals surface area contributed by atoms with Crippen molar-refractivity contribution in [2.24, 2.45) is 0 Å². The molecule has 0 radical (unpaired) electrons. The minimum Gasteiger partial charge on any atom is -0.463 e. The molecule has 1 heterocycles. The molecule has 21 heavy (non-hydrogen) atoms. The Labute approximate surface area is 156 Å². The molecule has 0 saturated carbocycles. The average Bonchev–Trinajstić information content (AvgIpc) is 2.83. The Bertz CT molecular complexity index is 699. The molecule has 0 aliphatic heterocycles. The number of carbonyl (C=O) groups excluding carboxylic acids is 1. The Balaban J connectivity index is 2.32. The number of imidazole rings is 1. The molecule has 0 aliphatic rings. The van der Waals surface area contributed by atoms with E-state index in [2.05, 4.69) is 68.7 Å². The number of aryl methyl sites for hydroxylation is 1. The number of hydrogen-bond acceptors (Lipinski definition) is 3. The highest BCUT2D eigenvalue weighted by molar-refractivity contribution is 9.15. The van der Waals surface area contributed by atoms with Crippen molar-refractivity contribution in [3.05, 3.63) is 24.2 Å². The predicted octanol–water partition coefficient (Wildman–Crippen LogP) is 5.43. The molecule has 1 aromatic heterocycles. The van der Waals surface area contributed by atoms with Crippen molar-refractivity contribution >= 4 is 80.7 Å². The zero-order chi connectivity index (χ0) is 15.7. The molecule has 0 bridgehead atoms. The van der Waals surface area contributed by atoms with Gasteiger partial charge in [-0.05, 0) is 70.6 Å². The van der Waals surface area contributed by atoms with Crippen LogP contribution in [-0.4, -0.2) is 21.6 Å². The van der Waals surface area contributed by atoms with Crippen molar-refractivity contribution in [2.75, 3.05) is 0 Å². The maximum atomic E-state index is 10.9. The first-order valence-electron chi connectivity index (χ1n) is 6.17. The number of benzene rings is 1. The lowest BCUT2D eigenvalue weighted by Gasteiger charge is -2.13. The minimum atomic E-state index is -0.256. The smallest absolute Gasteiger partial charge is 0.302 e. The Kier molecular flexibility index (Phi) is 5.90. The highest BCUT2D eigenvalue weighted by Gasteiger charge is 2.18. The van der Waals surface area contributed by atoms with E-state index in [1.54, 1.807) is 6.33 Å². The highest BCUT2D eigenvalue weighted by Crippen LogP contribution is 2.42. The van der Waals surface area contributed by atoms with Gasteiger partial charge in [0.25, 0.3) is 0 Å². The molecule has 0 amide bonds. The van der Waals surface area contributed by atoms with Crippen LogP contribution in [0.2, 0.25) is 0 Å². The number of aromatic nitrogens is 2. The molecular weight excluding hydrogens is 536 g/mol. The Morgan fingerprint density at radius 2 is 1.86 bits per heavy atom. The maximum absolute atomic E-state index is 10.9. The van der Waals surface area contributed by atoms with Crippen LogP contribution in [0.1, 0.15) is 20.3 Å². The molecule has 2 rings (SSSR count). The molecule has 0 N–H and O–H groups in total. The van der Waals surface area contributed by atoms with E-state index < -0.39 is 0 Å². The molecule has 1 atom stereocenters. The molecule has 114 valence electrons. The van der Waals surface area contributed by atoms with Gasteiger partial charge in [0, 0.05) is 28.8 Å². The fraction of sp³-hybridized carbons (Fsp3) is 0.385. The van der Waals surface area contributed by atoms with Gasteiger partial charge in [0.2, 0.25) is 0 Å². The summed E-state index contributed by atoms with van der Waals surface area (Å²) in [6.45, 7) is 4.02. The summed E-state index contributed by atoms with van der Waals surface area (Å²) in [6.07, 6.45) is 2.39. The number of nitrogens with zero attached hydrogens (tertiary/aromatic N) is 2. The topological polar surface area (TPSA) is 44.1 Å². The van der Waals surface area contributed by atoms with E-state index in [4.69, 9.17) is 4.74 Å². The molecule has 0 fully saturated rings. The summed E-state index contributed by atoms with van der Waals surface area (Å²) in [5.74, 6) is -0.256. The van der Waals surface area contributed by atoms with Crippen molar-refractivity contribution in [1.29, 1.82) is 0 Å². The molecule has 0 spiro atoms. The van der Waals surface area contributed by atoms with E-state index in [1.165, 1.54) is 6.92 Å². The molecule has 1 aromatic carbocycles. The van der Waals surface area contributed by atoms with Gasteiger partial charge >= 0.3 is 5.97 Å². The first-order valence-corrected chi connectivity index (χ1v) is 9.34. The van der Waals surface area contributed by atoms with Crippen molar-refractivity contribution in [2.45, 2.75) is 32.9 Å². The van der Waals surface area contributed by atoms with Crippen molar-refractivity contribution in [3.8, 4) is 0 Å². The van der Waals surface area contributed by atoms with Crippen LogP contribution < -0.4 is 0 Å². The zero-order valence-electron chi connectivity index (χ0n) is 11.3. The van der Waals surface area contributed by atoms with E-state index in [0.717, 1.165) is 35.3 Å². The number of hydrogen-bond donors (Lipinski definition) is 0. The van der Waals surface area contributed by atoms with Crippen LogP contribution >= 0.6 is 63.7 Å². The lowest BCUT2D eigenvalue weighted by atomic mass is 10.2. The van der Waals surface area contributed by atoms with Gasteiger partial charge in [-0.2, -0.15) is 0 Å². The number of halogens is 4. The Morgan fingerprint density at radius 1 is 1.24 bits per heavy atom. The zero-order valence-corrected chi connectivity index (χ0v) is 17.6. The summed E-state index contributed by atoms with van der Waals surface area (Å²) in [7, 11) is 0. The fourth-order valence-electron chi connectivity index (χ4n) is 2.01. The van der Waals surface area contributed by atoms with Crippen LogP contribution in [0.3, 0.4) is 0 Å². The van der Waals surface area contributed by atoms with Crippen molar-refractivity contribution in [3.63, 3.8) is 0 Å². The first kappa shape index (κ1) is 17.4. The monoisotopic (exact) mass is 544 g/mol. The van der Waals surface area contributed by atoms with E-state index in [1.807, 2.05) is 11.5 Å². The van der Waals surface area contributed by atoms with Crippen molar-refractivity contribution < 1.29 is 9.53 Å². The van der Waals surface area contributed by atoms with Crippen LogP contribution in [0.5, 0.6) is 0 Å². The van der Waals surface area contributed by atoms with Gasteiger partial charge in [-0.1, -0.05) is 0 Å². The average molecular weight is 548 g/mol. The van der Waals surface area contributed by atoms with Gasteiger partial charge in [0.05, 0.1) is 20.8 Å². The normalized spacial score (nSPS) is 12.7. The molecule has 8 heteroatoms. The van der Waals surface area contributed by atoms with Crippen LogP contribution in [0.4, 0.5) is 0 Å². The second-order valence-electron chi connectivity index (χ2n) is 4.60. The Hall–Kier alpha value is 0.0800. The number of rotatable bonds is 4. The molecule has 0 aliphatic carbocycles. The third-order valence-corrected chi connectivity index (χ3v) is 7.70. The van der Waals surface area contributed by atoms with Crippen LogP contribution in [-0.2, 0) is 16.1 Å². The van der Waals surface area contributed by atoms with E-state index >= 15 is 0 Å². The van der Waals surface area contributed by atoms with Gasteiger partial charge in [-0.3, -0.25) is 4.79 Å². The standard InChI is InChI=1S/C13H12Br4N2O2/c1-6(21-7(2)20)3-4-19-5-18-12-10(16)8(14)9(15)11(17)13(12)19/h5-6H,3-4H2,1-2H3/t6-/m1/s1. The second kappa shape index (κ2) is 7.10.